The van der Waals surface area contributed by atoms with Gasteiger partial charge in [-0.15, -0.1) is 0 Å². The van der Waals surface area contributed by atoms with Crippen molar-refractivity contribution in [2.24, 2.45) is 5.73 Å². The van der Waals surface area contributed by atoms with Gasteiger partial charge in [-0.3, -0.25) is 4.79 Å². The maximum atomic E-state index is 12.2. The topological polar surface area (TPSA) is 64.3 Å². The SMILES string of the molecule is COc1cc(C)ccc1NC(=O)C(N)Cc1ccccc1. The normalized spacial score (nSPS) is 11.8. The summed E-state index contributed by atoms with van der Waals surface area (Å²) in [6, 6.07) is 14.7. The van der Waals surface area contributed by atoms with Crippen LogP contribution in [0.2, 0.25) is 0 Å². The molecule has 0 saturated carbocycles. The first-order valence-corrected chi connectivity index (χ1v) is 6.85. The van der Waals surface area contributed by atoms with E-state index in [1.54, 1.807) is 7.11 Å². The van der Waals surface area contributed by atoms with E-state index in [0.717, 1.165) is 11.1 Å². The summed E-state index contributed by atoms with van der Waals surface area (Å²) >= 11 is 0. The minimum absolute atomic E-state index is 0.221. The number of anilines is 1. The van der Waals surface area contributed by atoms with E-state index in [2.05, 4.69) is 5.32 Å². The van der Waals surface area contributed by atoms with Crippen LogP contribution < -0.4 is 15.8 Å². The number of hydrogen-bond acceptors (Lipinski definition) is 3. The van der Waals surface area contributed by atoms with Crippen LogP contribution in [0.4, 0.5) is 5.69 Å². The summed E-state index contributed by atoms with van der Waals surface area (Å²) in [4.78, 5) is 12.2. The first-order chi connectivity index (χ1) is 10.1. The number of ether oxygens (including phenoxy) is 1. The maximum absolute atomic E-state index is 12.2. The molecule has 0 aromatic heterocycles. The average molecular weight is 284 g/mol. The zero-order valence-corrected chi connectivity index (χ0v) is 12.3. The Bertz CT molecular complexity index is 611. The Hall–Kier alpha value is -2.33. The van der Waals surface area contributed by atoms with Gasteiger partial charge >= 0.3 is 0 Å². The number of nitrogens with one attached hydrogen (secondary N) is 1. The highest BCUT2D eigenvalue weighted by Crippen LogP contribution is 2.25. The van der Waals surface area contributed by atoms with Crippen LogP contribution in [0.25, 0.3) is 0 Å². The monoisotopic (exact) mass is 284 g/mol. The third-order valence-corrected chi connectivity index (χ3v) is 3.25. The van der Waals surface area contributed by atoms with Crippen molar-refractivity contribution in [2.45, 2.75) is 19.4 Å². The molecule has 2 rings (SSSR count). The van der Waals surface area contributed by atoms with Crippen molar-refractivity contribution < 1.29 is 9.53 Å². The summed E-state index contributed by atoms with van der Waals surface area (Å²) in [5, 5.41) is 2.82. The van der Waals surface area contributed by atoms with Crippen LogP contribution in [-0.4, -0.2) is 19.1 Å². The van der Waals surface area contributed by atoms with Crippen LogP contribution in [0.1, 0.15) is 11.1 Å². The third kappa shape index (κ3) is 4.07. The van der Waals surface area contributed by atoms with Gasteiger partial charge in [0.05, 0.1) is 18.8 Å². The standard InChI is InChI=1S/C17H20N2O2/c1-12-8-9-15(16(10-12)21-2)19-17(20)14(18)11-13-6-4-3-5-7-13/h3-10,14H,11,18H2,1-2H3,(H,19,20). The molecule has 4 nitrogen and oxygen atoms in total. The highest BCUT2D eigenvalue weighted by atomic mass is 16.5. The molecule has 0 bridgehead atoms. The van der Waals surface area contributed by atoms with Crippen LogP contribution in [-0.2, 0) is 11.2 Å². The molecule has 0 heterocycles. The van der Waals surface area contributed by atoms with Gasteiger partial charge in [-0.1, -0.05) is 36.4 Å². The van der Waals surface area contributed by atoms with Crippen molar-refractivity contribution in [3.05, 3.63) is 59.7 Å². The van der Waals surface area contributed by atoms with Crippen LogP contribution in [0.3, 0.4) is 0 Å². The molecule has 21 heavy (non-hydrogen) atoms. The molecule has 1 unspecified atom stereocenters. The van der Waals surface area contributed by atoms with Crippen molar-refractivity contribution >= 4 is 11.6 Å². The molecule has 3 N–H and O–H groups in total. The Labute approximate surface area is 124 Å². The Morgan fingerprint density at radius 3 is 2.62 bits per heavy atom. The van der Waals surface area contributed by atoms with Gasteiger partial charge < -0.3 is 15.8 Å². The summed E-state index contributed by atoms with van der Waals surface area (Å²) in [6.45, 7) is 1.97. The average Bonchev–Trinajstić information content (AvgIpc) is 2.49. The number of amides is 1. The molecule has 1 atom stereocenters. The Morgan fingerprint density at radius 2 is 1.95 bits per heavy atom. The second kappa shape index (κ2) is 6.90. The van der Waals surface area contributed by atoms with Gasteiger partial charge in [0.2, 0.25) is 5.91 Å². The first kappa shape index (κ1) is 15.1. The number of nitrogens with two attached hydrogens (primary N) is 1. The van der Waals surface area contributed by atoms with E-state index in [4.69, 9.17) is 10.5 Å². The van der Waals surface area contributed by atoms with Gasteiger partial charge in [-0.25, -0.2) is 0 Å². The number of aryl methyl sites for hydroxylation is 1. The first-order valence-electron chi connectivity index (χ1n) is 6.85. The summed E-state index contributed by atoms with van der Waals surface area (Å²) in [5.74, 6) is 0.413. The van der Waals surface area contributed by atoms with E-state index in [1.165, 1.54) is 0 Å². The van der Waals surface area contributed by atoms with Crippen molar-refractivity contribution in [1.82, 2.24) is 0 Å². The van der Waals surface area contributed by atoms with Crippen molar-refractivity contribution in [2.75, 3.05) is 12.4 Å². The molecule has 2 aromatic carbocycles. The molecule has 0 aliphatic heterocycles. The van der Waals surface area contributed by atoms with E-state index in [9.17, 15) is 4.79 Å². The largest absolute Gasteiger partial charge is 0.495 e. The zero-order valence-electron chi connectivity index (χ0n) is 12.3. The Morgan fingerprint density at radius 1 is 1.24 bits per heavy atom. The van der Waals surface area contributed by atoms with Gasteiger partial charge in [0.1, 0.15) is 5.75 Å². The minimum atomic E-state index is -0.599. The van der Waals surface area contributed by atoms with Gasteiger partial charge in [0.15, 0.2) is 0 Å². The van der Waals surface area contributed by atoms with E-state index in [0.29, 0.717) is 17.9 Å². The molecule has 0 saturated heterocycles. The lowest BCUT2D eigenvalue weighted by Crippen LogP contribution is -2.37. The van der Waals surface area contributed by atoms with E-state index in [-0.39, 0.29) is 5.91 Å². The van der Waals surface area contributed by atoms with Crippen LogP contribution >= 0.6 is 0 Å². The fourth-order valence-corrected chi connectivity index (χ4v) is 2.09. The predicted molar refractivity (Wildman–Crippen MR) is 84.5 cm³/mol. The van der Waals surface area contributed by atoms with Crippen molar-refractivity contribution in [3.63, 3.8) is 0 Å². The van der Waals surface area contributed by atoms with E-state index in [1.807, 2.05) is 55.5 Å². The summed E-state index contributed by atoms with van der Waals surface area (Å²) < 4.78 is 5.27. The minimum Gasteiger partial charge on any atom is -0.495 e. The fraction of sp³-hybridized carbons (Fsp3) is 0.235. The number of rotatable bonds is 5. The summed E-state index contributed by atoms with van der Waals surface area (Å²) in [6.07, 6.45) is 0.501. The second-order valence-corrected chi connectivity index (χ2v) is 4.99. The number of carbonyl (C=O) groups excluding carboxylic acids is 1. The predicted octanol–water partition coefficient (Wildman–Crippen LogP) is 2.51. The van der Waals surface area contributed by atoms with Crippen LogP contribution in [0.5, 0.6) is 5.75 Å². The van der Waals surface area contributed by atoms with Crippen LogP contribution in [0, 0.1) is 6.92 Å². The summed E-state index contributed by atoms with van der Waals surface area (Å²) in [7, 11) is 1.58. The Balaban J connectivity index is 2.04. The maximum Gasteiger partial charge on any atom is 0.241 e. The lowest BCUT2D eigenvalue weighted by Gasteiger charge is -2.15. The van der Waals surface area contributed by atoms with E-state index < -0.39 is 6.04 Å². The second-order valence-electron chi connectivity index (χ2n) is 4.99. The molecule has 0 spiro atoms. The fourth-order valence-electron chi connectivity index (χ4n) is 2.09. The number of methoxy groups -OCH3 is 1. The summed E-state index contributed by atoms with van der Waals surface area (Å²) in [5.41, 5.74) is 8.71. The molecule has 0 aliphatic rings. The molecule has 0 aliphatic carbocycles. The van der Waals surface area contributed by atoms with Crippen molar-refractivity contribution in [3.8, 4) is 5.75 Å². The Kier molecular flexibility index (Phi) is 4.95. The quantitative estimate of drug-likeness (QED) is 0.886. The van der Waals surface area contributed by atoms with Gasteiger partial charge in [0.25, 0.3) is 0 Å². The highest BCUT2D eigenvalue weighted by Gasteiger charge is 2.16. The molecule has 110 valence electrons. The van der Waals surface area contributed by atoms with Gasteiger partial charge in [-0.2, -0.15) is 0 Å². The molecular formula is C17H20N2O2. The van der Waals surface area contributed by atoms with Gasteiger partial charge in [-0.05, 0) is 36.6 Å². The zero-order chi connectivity index (χ0) is 15.2. The lowest BCUT2D eigenvalue weighted by molar-refractivity contribution is -0.117. The van der Waals surface area contributed by atoms with Crippen LogP contribution in [0.15, 0.2) is 48.5 Å². The molecule has 4 heteroatoms. The molecule has 0 radical (unpaired) electrons. The molecular weight excluding hydrogens is 264 g/mol. The molecule has 1 amide bonds. The molecule has 0 fully saturated rings. The van der Waals surface area contributed by atoms with Gasteiger partial charge in [0, 0.05) is 0 Å². The molecule has 2 aromatic rings. The highest BCUT2D eigenvalue weighted by molar-refractivity contribution is 5.96. The van der Waals surface area contributed by atoms with Crippen molar-refractivity contribution in [1.29, 1.82) is 0 Å². The third-order valence-electron chi connectivity index (χ3n) is 3.25. The van der Waals surface area contributed by atoms with E-state index >= 15 is 0 Å². The number of hydrogen-bond donors (Lipinski definition) is 2. The number of benzene rings is 2. The smallest absolute Gasteiger partial charge is 0.241 e. The lowest BCUT2D eigenvalue weighted by atomic mass is 10.1. The number of carbonyl (C=O) groups is 1.